The molecule has 8 rings (SSSR count). The van der Waals surface area contributed by atoms with E-state index in [1.165, 1.54) is 19.4 Å². The third-order valence-corrected chi connectivity index (χ3v) is 14.2. The second kappa shape index (κ2) is 14.7. The summed E-state index contributed by atoms with van der Waals surface area (Å²) < 4.78 is 75.7. The number of anilines is 2. The highest BCUT2D eigenvalue weighted by Gasteiger charge is 2.76. The van der Waals surface area contributed by atoms with Gasteiger partial charge in [0.2, 0.25) is 10.0 Å². The Kier molecular flexibility index (Phi) is 10.6. The molecule has 1 N–H and O–H groups in total. The van der Waals surface area contributed by atoms with Crippen LogP contribution in [-0.2, 0) is 45.3 Å². The van der Waals surface area contributed by atoms with Crippen LogP contribution in [0, 0.1) is 12.3 Å². The Bertz CT molecular complexity index is 2520. The number of sulfonamides is 1. The lowest BCUT2D eigenvalue weighted by atomic mass is 9.53. The van der Waals surface area contributed by atoms with E-state index >= 15 is 0 Å². The average Bonchev–Trinajstić information content (AvgIpc) is 3.97. The number of benzene rings is 1. The van der Waals surface area contributed by atoms with Crippen LogP contribution in [0.2, 0.25) is 0 Å². The molecule has 4 atom stereocenters. The summed E-state index contributed by atoms with van der Waals surface area (Å²) >= 11 is 0. The smallest absolute Gasteiger partial charge is 0.419 e. The van der Waals surface area contributed by atoms with Gasteiger partial charge in [-0.1, -0.05) is 37.3 Å². The zero-order valence-electron chi connectivity index (χ0n) is 35.8. The predicted octanol–water partition coefficient (Wildman–Crippen LogP) is 5.33. The van der Waals surface area contributed by atoms with Crippen LogP contribution in [0.1, 0.15) is 104 Å². The first-order chi connectivity index (χ1) is 27.8. The first kappa shape index (κ1) is 43.3. The van der Waals surface area contributed by atoms with Crippen molar-refractivity contribution in [3.8, 4) is 0 Å². The zero-order valence-corrected chi connectivity index (χ0v) is 37.5. The van der Waals surface area contributed by atoms with E-state index in [1.807, 2.05) is 19.2 Å². The predicted molar refractivity (Wildman–Crippen MR) is 223 cm³/mol. The van der Waals surface area contributed by atoms with Crippen LogP contribution < -0.4 is 9.62 Å². The number of aryl methyl sites for hydroxylation is 1. The lowest BCUT2D eigenvalue weighted by molar-refractivity contribution is -0.0687. The number of hydrogen-bond acceptors (Lipinski definition) is 14. The summed E-state index contributed by atoms with van der Waals surface area (Å²) in [6.07, 6.45) is 1.03. The van der Waals surface area contributed by atoms with Crippen molar-refractivity contribution in [1.82, 2.24) is 33.7 Å². The summed E-state index contributed by atoms with van der Waals surface area (Å²) in [6.45, 7) is 18.2. The largest absolute Gasteiger partial charge is 0.443 e. The normalized spacial score (nSPS) is 24.4. The number of carbonyl (C=O) groups excluding carboxylic acids is 2. The highest BCUT2D eigenvalue weighted by molar-refractivity contribution is 7.92. The van der Waals surface area contributed by atoms with Crippen molar-refractivity contribution in [2.75, 3.05) is 47.4 Å². The number of ether oxygens (including phenoxy) is 3. The molecule has 3 aliphatic heterocycles. The van der Waals surface area contributed by atoms with E-state index < -0.39 is 72.1 Å². The van der Waals surface area contributed by atoms with Crippen LogP contribution in [-0.4, -0.2) is 112 Å². The standard InChI is InChI=1S/C40H55N9O9S2/c1-11-59(52,53)45-33-42-31(49(44-33)60(54,55)12-2)29-39(24-47(34(50)57-36(4,5)6)35(51)58-37(7,8)9)22-40(29,56-25-39)32-41-30-26(3)20-28(21-48(30)43-32)46-19-18-38(10,23-46)27-16-14-13-15-17-27/h13-17,20-21,29H,11-12,18-19,22-25H2,1-10H3,(H,44,45)/t29?,38-,39?,40?/m0/s1. The minimum atomic E-state index is -4.23. The fraction of sp³-hybridized carbons (Fsp3) is 0.600. The number of hydrogen-bond donors (Lipinski definition) is 1. The fourth-order valence-corrected chi connectivity index (χ4v) is 9.93. The average molecular weight is 870 g/mol. The van der Waals surface area contributed by atoms with Crippen molar-refractivity contribution in [1.29, 1.82) is 0 Å². The molecule has 20 heteroatoms. The maximum Gasteiger partial charge on any atom is 0.419 e. The highest BCUT2D eigenvalue weighted by atomic mass is 32.2. The van der Waals surface area contributed by atoms with Gasteiger partial charge in [0.05, 0.1) is 35.9 Å². The molecule has 6 heterocycles. The van der Waals surface area contributed by atoms with Crippen LogP contribution in [0.4, 0.5) is 21.2 Å². The fourth-order valence-electron chi connectivity index (χ4n) is 8.54. The van der Waals surface area contributed by atoms with E-state index in [-0.39, 0.29) is 42.4 Å². The van der Waals surface area contributed by atoms with Crippen molar-refractivity contribution in [2.24, 2.45) is 5.41 Å². The van der Waals surface area contributed by atoms with Gasteiger partial charge in [0.25, 0.3) is 16.0 Å². The summed E-state index contributed by atoms with van der Waals surface area (Å²) in [6, 6.07) is 12.5. The SMILES string of the molecule is CCS(=O)(=O)Nc1nc(C2C3(CN(C(=O)OC(C)(C)C)C(=O)OC(C)(C)C)COC2(c2nc4c(C)cc(N5CC[C@](C)(c6ccccc6)C5)cn4n2)C3)n(S(=O)(=O)CC)n1. The maximum atomic E-state index is 13.8. The highest BCUT2D eigenvalue weighted by Crippen LogP contribution is 2.71. The molecule has 3 unspecified atom stereocenters. The Balaban J connectivity index is 1.34. The van der Waals surface area contributed by atoms with Gasteiger partial charge in [-0.05, 0) is 92.3 Å². The Morgan fingerprint density at radius 3 is 2.22 bits per heavy atom. The van der Waals surface area contributed by atoms with Gasteiger partial charge in [0.15, 0.2) is 17.3 Å². The molecular formula is C40H55N9O9S2. The number of amides is 2. The Labute approximate surface area is 351 Å². The molecule has 3 saturated heterocycles. The van der Waals surface area contributed by atoms with Crippen molar-refractivity contribution in [3.05, 3.63) is 65.4 Å². The van der Waals surface area contributed by atoms with Crippen molar-refractivity contribution < 1.29 is 40.6 Å². The summed E-state index contributed by atoms with van der Waals surface area (Å²) in [5.74, 6) is -2.23. The zero-order chi connectivity index (χ0) is 43.8. The number of nitrogens with one attached hydrogen (secondary N) is 1. The molecule has 4 aliphatic rings. The lowest BCUT2D eigenvalue weighted by Gasteiger charge is -2.51. The molecule has 4 aromatic rings. The molecule has 60 heavy (non-hydrogen) atoms. The third-order valence-electron chi connectivity index (χ3n) is 11.4. The molecule has 0 spiro atoms. The van der Waals surface area contributed by atoms with E-state index in [1.54, 1.807) is 46.1 Å². The lowest BCUT2D eigenvalue weighted by Crippen LogP contribution is -2.59. The molecule has 0 radical (unpaired) electrons. The van der Waals surface area contributed by atoms with Crippen molar-refractivity contribution in [2.45, 2.75) is 110 Å². The first-order valence-corrected chi connectivity index (χ1v) is 23.4. The molecule has 326 valence electrons. The van der Waals surface area contributed by atoms with Gasteiger partial charge in [-0.15, -0.1) is 14.3 Å². The molecule has 1 saturated carbocycles. The quantitative estimate of drug-likeness (QED) is 0.202. The van der Waals surface area contributed by atoms with Gasteiger partial charge in [-0.2, -0.15) is 4.98 Å². The number of carbonyl (C=O) groups is 2. The van der Waals surface area contributed by atoms with Gasteiger partial charge >= 0.3 is 12.2 Å². The molecule has 2 amide bonds. The molecule has 18 nitrogen and oxygen atoms in total. The Morgan fingerprint density at radius 2 is 1.62 bits per heavy atom. The van der Waals surface area contributed by atoms with Crippen LogP contribution >= 0.6 is 0 Å². The molecule has 3 aromatic heterocycles. The molecule has 4 fully saturated rings. The van der Waals surface area contributed by atoms with Gasteiger partial charge in [-0.25, -0.2) is 45.5 Å². The van der Waals surface area contributed by atoms with Gasteiger partial charge < -0.3 is 19.1 Å². The third kappa shape index (κ3) is 7.92. The topological polar surface area (TPSA) is 210 Å². The Hall–Kier alpha value is -4.82. The summed E-state index contributed by atoms with van der Waals surface area (Å²) in [4.78, 5) is 40.3. The maximum absolute atomic E-state index is 13.8. The van der Waals surface area contributed by atoms with Gasteiger partial charge in [0, 0.05) is 30.5 Å². The van der Waals surface area contributed by atoms with Crippen LogP contribution in [0.3, 0.4) is 0 Å². The minimum Gasteiger partial charge on any atom is -0.443 e. The van der Waals surface area contributed by atoms with Crippen molar-refractivity contribution in [3.63, 3.8) is 0 Å². The minimum absolute atomic E-state index is 0.0534. The summed E-state index contributed by atoms with van der Waals surface area (Å²) in [5, 5.41) is 9.13. The first-order valence-electron chi connectivity index (χ1n) is 20.1. The van der Waals surface area contributed by atoms with Crippen LogP contribution in [0.25, 0.3) is 5.65 Å². The van der Waals surface area contributed by atoms with Crippen molar-refractivity contribution >= 4 is 49.5 Å². The van der Waals surface area contributed by atoms with E-state index in [9.17, 15) is 26.4 Å². The number of aromatic nitrogens is 6. The van der Waals surface area contributed by atoms with E-state index in [0.717, 1.165) is 35.7 Å². The van der Waals surface area contributed by atoms with Crippen LogP contribution in [0.15, 0.2) is 42.6 Å². The van der Waals surface area contributed by atoms with E-state index in [2.05, 4.69) is 57.0 Å². The number of fused-ring (bicyclic) bond motifs is 2. The number of nitrogens with zero attached hydrogens (tertiary/aromatic N) is 8. The molecule has 1 aliphatic carbocycles. The summed E-state index contributed by atoms with van der Waals surface area (Å²) in [7, 11) is -8.17. The number of imide groups is 1. The monoisotopic (exact) mass is 869 g/mol. The molecule has 1 aromatic carbocycles. The molecule has 2 bridgehead atoms. The Morgan fingerprint density at radius 1 is 0.967 bits per heavy atom. The summed E-state index contributed by atoms with van der Waals surface area (Å²) in [5.41, 5.74) is -1.08. The van der Waals surface area contributed by atoms with Gasteiger partial charge in [0.1, 0.15) is 16.8 Å². The number of rotatable bonds is 11. The van der Waals surface area contributed by atoms with Gasteiger partial charge in [-0.3, -0.25) is 0 Å². The van der Waals surface area contributed by atoms with E-state index in [0.29, 0.717) is 9.73 Å². The second-order valence-electron chi connectivity index (χ2n) is 18.4. The van der Waals surface area contributed by atoms with E-state index in [4.69, 9.17) is 24.3 Å². The second-order valence-corrected chi connectivity index (χ2v) is 22.5. The molecular weight excluding hydrogens is 815 g/mol. The van der Waals surface area contributed by atoms with Crippen LogP contribution in [0.5, 0.6) is 0 Å². The number of pyridine rings is 1.